The van der Waals surface area contributed by atoms with Gasteiger partial charge in [0.2, 0.25) is 5.82 Å². The van der Waals surface area contributed by atoms with Crippen molar-refractivity contribution in [2.75, 3.05) is 14.2 Å². The van der Waals surface area contributed by atoms with Crippen molar-refractivity contribution in [3.8, 4) is 22.9 Å². The normalized spacial score (nSPS) is 11.7. The zero-order valence-electron chi connectivity index (χ0n) is 16.0. The first-order valence-corrected chi connectivity index (χ1v) is 8.86. The molecule has 0 aliphatic carbocycles. The highest BCUT2D eigenvalue weighted by Gasteiger charge is 2.17. The molecular formula is C21H22N2O5. The summed E-state index contributed by atoms with van der Waals surface area (Å²) in [5, 5.41) is 3.94. The second-order valence-corrected chi connectivity index (χ2v) is 6.25. The maximum Gasteiger partial charge on any atom is 0.306 e. The fourth-order valence-electron chi connectivity index (χ4n) is 2.76. The predicted octanol–water partition coefficient (Wildman–Crippen LogP) is 3.99. The van der Waals surface area contributed by atoms with Gasteiger partial charge in [0, 0.05) is 6.07 Å². The van der Waals surface area contributed by atoms with Gasteiger partial charge in [0.05, 0.1) is 26.2 Å². The van der Waals surface area contributed by atoms with Gasteiger partial charge in [-0.05, 0) is 23.6 Å². The van der Waals surface area contributed by atoms with Gasteiger partial charge in [-0.25, -0.2) is 0 Å². The van der Waals surface area contributed by atoms with Crippen LogP contribution in [0.5, 0.6) is 11.5 Å². The van der Waals surface area contributed by atoms with Gasteiger partial charge in [0.1, 0.15) is 11.5 Å². The molecule has 0 fully saturated rings. The molecule has 1 atom stereocenters. The van der Waals surface area contributed by atoms with Gasteiger partial charge in [-0.2, -0.15) is 4.98 Å². The Hall–Kier alpha value is -3.35. The van der Waals surface area contributed by atoms with Crippen molar-refractivity contribution in [1.82, 2.24) is 10.1 Å². The Labute approximate surface area is 163 Å². The summed E-state index contributed by atoms with van der Waals surface area (Å²) in [4.78, 5) is 16.4. The van der Waals surface area contributed by atoms with Gasteiger partial charge in [-0.3, -0.25) is 4.79 Å². The third-order valence-corrected chi connectivity index (χ3v) is 4.32. The van der Waals surface area contributed by atoms with E-state index in [9.17, 15) is 4.79 Å². The van der Waals surface area contributed by atoms with Gasteiger partial charge in [0.25, 0.3) is 5.89 Å². The highest BCUT2D eigenvalue weighted by molar-refractivity contribution is 5.70. The van der Waals surface area contributed by atoms with Crippen LogP contribution in [0.15, 0.2) is 53.1 Å². The number of ether oxygens (including phenoxy) is 3. The molecule has 0 bridgehead atoms. The van der Waals surface area contributed by atoms with E-state index in [1.165, 1.54) is 0 Å². The Morgan fingerprint density at radius 2 is 1.89 bits per heavy atom. The predicted molar refractivity (Wildman–Crippen MR) is 102 cm³/mol. The minimum Gasteiger partial charge on any atom is -0.497 e. The number of rotatable bonds is 8. The molecular weight excluding hydrogens is 360 g/mol. The fraction of sp³-hybridized carbons (Fsp3) is 0.286. The molecule has 146 valence electrons. The summed E-state index contributed by atoms with van der Waals surface area (Å²) in [6.07, 6.45) is 0.275. The van der Waals surface area contributed by atoms with Gasteiger partial charge in [-0.15, -0.1) is 0 Å². The van der Waals surface area contributed by atoms with E-state index in [4.69, 9.17) is 18.7 Å². The maximum absolute atomic E-state index is 12.1. The maximum atomic E-state index is 12.1. The van der Waals surface area contributed by atoms with Crippen molar-refractivity contribution in [3.63, 3.8) is 0 Å². The lowest BCUT2D eigenvalue weighted by atomic mass is 9.98. The first-order valence-electron chi connectivity index (χ1n) is 8.86. The lowest BCUT2D eigenvalue weighted by Gasteiger charge is -2.10. The first kappa shape index (κ1) is 19.4. The lowest BCUT2D eigenvalue weighted by molar-refractivity contribution is -0.146. The van der Waals surface area contributed by atoms with Gasteiger partial charge < -0.3 is 18.7 Å². The monoisotopic (exact) mass is 382 g/mol. The van der Waals surface area contributed by atoms with Crippen molar-refractivity contribution in [2.45, 2.75) is 25.9 Å². The average Bonchev–Trinajstić information content (AvgIpc) is 3.21. The van der Waals surface area contributed by atoms with E-state index < -0.39 is 0 Å². The van der Waals surface area contributed by atoms with E-state index in [1.54, 1.807) is 32.4 Å². The summed E-state index contributed by atoms with van der Waals surface area (Å²) in [6, 6.07) is 15.1. The van der Waals surface area contributed by atoms with E-state index in [0.29, 0.717) is 22.9 Å². The Morgan fingerprint density at radius 1 is 1.11 bits per heavy atom. The van der Waals surface area contributed by atoms with Crippen molar-refractivity contribution in [1.29, 1.82) is 0 Å². The van der Waals surface area contributed by atoms with Crippen molar-refractivity contribution >= 4 is 5.97 Å². The molecule has 0 amide bonds. The van der Waals surface area contributed by atoms with Crippen LogP contribution in [-0.4, -0.2) is 30.3 Å². The number of aromatic nitrogens is 2. The minimum atomic E-state index is -0.321. The van der Waals surface area contributed by atoms with E-state index in [0.717, 1.165) is 5.56 Å². The molecule has 0 spiro atoms. The third kappa shape index (κ3) is 4.68. The van der Waals surface area contributed by atoms with E-state index in [1.807, 2.05) is 37.3 Å². The van der Waals surface area contributed by atoms with Gasteiger partial charge in [-0.1, -0.05) is 42.4 Å². The number of methoxy groups -OCH3 is 2. The Balaban J connectivity index is 1.60. The van der Waals surface area contributed by atoms with E-state index in [-0.39, 0.29) is 30.8 Å². The topological polar surface area (TPSA) is 83.7 Å². The zero-order valence-corrected chi connectivity index (χ0v) is 16.0. The molecule has 3 rings (SSSR count). The molecule has 7 nitrogen and oxygen atoms in total. The molecule has 7 heteroatoms. The average molecular weight is 382 g/mol. The lowest BCUT2D eigenvalue weighted by Crippen LogP contribution is -2.09. The molecule has 1 aromatic heterocycles. The van der Waals surface area contributed by atoms with Gasteiger partial charge >= 0.3 is 5.97 Å². The molecule has 3 aromatic rings. The van der Waals surface area contributed by atoms with Crippen LogP contribution in [0.4, 0.5) is 0 Å². The van der Waals surface area contributed by atoms with Crippen LogP contribution in [-0.2, 0) is 16.1 Å². The van der Waals surface area contributed by atoms with Crippen LogP contribution >= 0.6 is 0 Å². The van der Waals surface area contributed by atoms with Crippen LogP contribution < -0.4 is 9.47 Å². The van der Waals surface area contributed by atoms with Crippen molar-refractivity contribution in [2.24, 2.45) is 0 Å². The van der Waals surface area contributed by atoms with Crippen LogP contribution in [0.25, 0.3) is 11.4 Å². The Kier molecular flexibility index (Phi) is 6.26. The van der Waals surface area contributed by atoms with Crippen LogP contribution in [0.2, 0.25) is 0 Å². The molecule has 0 saturated carbocycles. The van der Waals surface area contributed by atoms with E-state index >= 15 is 0 Å². The summed E-state index contributed by atoms with van der Waals surface area (Å²) in [6.45, 7) is 1.91. The molecule has 0 radical (unpaired) electrons. The molecule has 28 heavy (non-hydrogen) atoms. The summed E-state index contributed by atoms with van der Waals surface area (Å²) in [7, 11) is 3.13. The number of nitrogens with zero attached hydrogens (tertiary/aromatic N) is 2. The van der Waals surface area contributed by atoms with E-state index in [2.05, 4.69) is 10.1 Å². The molecule has 0 aliphatic heterocycles. The van der Waals surface area contributed by atoms with Crippen LogP contribution in [0.3, 0.4) is 0 Å². The first-order chi connectivity index (χ1) is 13.6. The van der Waals surface area contributed by atoms with Crippen molar-refractivity contribution in [3.05, 3.63) is 60.0 Å². The standard InChI is InChI=1S/C21H22N2O5/c1-14(15-7-5-4-6-8-15)11-20(24)27-13-19-22-21(23-28-19)17-10-9-16(25-2)12-18(17)26-3/h4-10,12,14H,11,13H2,1-3H3/t14-/m0/s1. The van der Waals surface area contributed by atoms with Crippen LogP contribution in [0.1, 0.15) is 30.7 Å². The Morgan fingerprint density at radius 3 is 2.61 bits per heavy atom. The molecule has 2 aromatic carbocycles. The molecule has 0 unspecified atom stereocenters. The summed E-state index contributed by atoms with van der Waals surface area (Å²) < 4.78 is 21.0. The van der Waals surface area contributed by atoms with Crippen LogP contribution in [0, 0.1) is 0 Å². The third-order valence-electron chi connectivity index (χ3n) is 4.32. The quantitative estimate of drug-likeness (QED) is 0.545. The number of esters is 1. The van der Waals surface area contributed by atoms with Gasteiger partial charge in [0.15, 0.2) is 6.61 Å². The number of carbonyl (C=O) groups excluding carboxylic acids is 1. The van der Waals surface area contributed by atoms with Crippen molar-refractivity contribution < 1.29 is 23.5 Å². The summed E-state index contributed by atoms with van der Waals surface area (Å²) in [5.41, 5.74) is 1.74. The second-order valence-electron chi connectivity index (χ2n) is 6.25. The number of carbonyl (C=O) groups is 1. The second kappa shape index (κ2) is 9.03. The highest BCUT2D eigenvalue weighted by atomic mass is 16.6. The molecule has 0 aliphatic rings. The minimum absolute atomic E-state index is 0.0653. The SMILES string of the molecule is COc1ccc(-c2noc(COC(=O)C[C@H](C)c3ccccc3)n2)c(OC)c1. The Bertz CT molecular complexity index is 924. The number of hydrogen-bond donors (Lipinski definition) is 0. The molecule has 1 heterocycles. The smallest absolute Gasteiger partial charge is 0.306 e. The zero-order chi connectivity index (χ0) is 19.9. The largest absolute Gasteiger partial charge is 0.497 e. The number of benzene rings is 2. The molecule has 0 saturated heterocycles. The highest BCUT2D eigenvalue weighted by Crippen LogP contribution is 2.31. The molecule has 0 N–H and O–H groups in total. The number of hydrogen-bond acceptors (Lipinski definition) is 7. The summed E-state index contributed by atoms with van der Waals surface area (Å²) in [5.74, 6) is 1.52. The summed E-state index contributed by atoms with van der Waals surface area (Å²) >= 11 is 0. The fourth-order valence-corrected chi connectivity index (χ4v) is 2.76.